The minimum Gasteiger partial charge on any atom is -0.456 e. The Bertz CT molecular complexity index is 3300. The van der Waals surface area contributed by atoms with Crippen molar-refractivity contribution in [3.05, 3.63) is 170 Å². The van der Waals surface area contributed by atoms with Gasteiger partial charge < -0.3 is 4.42 Å². The van der Waals surface area contributed by atoms with Gasteiger partial charge in [-0.25, -0.2) is 0 Å². The van der Waals surface area contributed by atoms with Crippen LogP contribution in [0.15, 0.2) is 174 Å². The number of benzene rings is 9. The van der Waals surface area contributed by atoms with Crippen molar-refractivity contribution in [3.8, 4) is 33.4 Å². The lowest BCUT2D eigenvalue weighted by Crippen LogP contribution is -1.92. The molecule has 10 rings (SSSR count). The number of hydrogen-bond donors (Lipinski definition) is 0. The minimum atomic E-state index is -0.541. The molecule has 47 heavy (non-hydrogen) atoms. The lowest BCUT2D eigenvalue weighted by Gasteiger charge is -2.19. The molecule has 1 heterocycles. The third kappa shape index (κ3) is 3.97. The van der Waals surface area contributed by atoms with Gasteiger partial charge >= 0.3 is 0 Å². The van der Waals surface area contributed by atoms with Crippen LogP contribution in [0.3, 0.4) is 0 Å². The molecule has 0 bridgehead atoms. The van der Waals surface area contributed by atoms with Gasteiger partial charge in [-0.1, -0.05) is 145 Å². The molecule has 0 aliphatic heterocycles. The zero-order valence-corrected chi connectivity index (χ0v) is 24.9. The Kier molecular flexibility index (Phi) is 4.05. The lowest BCUT2D eigenvalue weighted by molar-refractivity contribution is 0.669. The molecule has 218 valence electrons. The Morgan fingerprint density at radius 2 is 0.894 bits per heavy atom. The van der Waals surface area contributed by atoms with E-state index in [-0.39, 0.29) is 68.5 Å². The van der Waals surface area contributed by atoms with Crippen LogP contribution in [0.2, 0.25) is 0 Å². The second-order valence-electron chi connectivity index (χ2n) is 11.7. The van der Waals surface area contributed by atoms with Crippen molar-refractivity contribution >= 4 is 65.0 Å². The molecule has 0 atom stereocenters. The van der Waals surface area contributed by atoms with E-state index in [1.807, 2.05) is 78.9 Å². The summed E-state index contributed by atoms with van der Waals surface area (Å²) in [5.41, 5.74) is 4.73. The first-order chi connectivity index (χ1) is 27.1. The van der Waals surface area contributed by atoms with Crippen LogP contribution >= 0.6 is 0 Å². The summed E-state index contributed by atoms with van der Waals surface area (Å²) in [5.74, 6) is 0. The average Bonchev–Trinajstić information content (AvgIpc) is 3.64. The number of furan rings is 1. The maximum absolute atomic E-state index is 9.65. The highest BCUT2D eigenvalue weighted by atomic mass is 16.3. The van der Waals surface area contributed by atoms with Crippen LogP contribution in [0.4, 0.5) is 0 Å². The molecule has 0 saturated heterocycles. The first kappa shape index (κ1) is 18.7. The molecule has 0 radical (unpaired) electrons. The van der Waals surface area contributed by atoms with Gasteiger partial charge in [0.05, 0.1) is 12.3 Å². The maximum atomic E-state index is 9.65. The summed E-state index contributed by atoms with van der Waals surface area (Å²) in [5, 5.41) is 5.12. The average molecular weight is 606 g/mol. The SMILES string of the molecule is [2H]c1c([2H])c([2H])c2c([2H])c3c(oc4c([2H])c(-c5c6ccccc6c(-c6ccc(-c7ccccc7)c7ccccc67)c6ccccc56)c([2H])c([2H])c43)c([2H])c2c1[2H]. The maximum Gasteiger partial charge on any atom is 0.136 e. The summed E-state index contributed by atoms with van der Waals surface area (Å²) in [6.45, 7) is 0. The van der Waals surface area contributed by atoms with E-state index in [4.69, 9.17) is 12.6 Å². The van der Waals surface area contributed by atoms with E-state index < -0.39 is 24.2 Å². The molecular weight excluding hydrogens is 569 g/mol. The smallest absolute Gasteiger partial charge is 0.136 e. The Hall–Kier alpha value is -6.18. The fourth-order valence-electron chi connectivity index (χ4n) is 7.05. The van der Waals surface area contributed by atoms with Gasteiger partial charge in [0.2, 0.25) is 0 Å². The van der Waals surface area contributed by atoms with Crippen LogP contribution < -0.4 is 0 Å². The van der Waals surface area contributed by atoms with E-state index in [1.54, 1.807) is 0 Å². The summed E-state index contributed by atoms with van der Waals surface area (Å²) in [4.78, 5) is 0. The zero-order chi connectivity index (χ0) is 38.7. The highest BCUT2D eigenvalue weighted by Crippen LogP contribution is 2.47. The van der Waals surface area contributed by atoms with Crippen LogP contribution in [0.5, 0.6) is 0 Å². The molecule has 0 aliphatic rings. The Morgan fingerprint density at radius 1 is 0.362 bits per heavy atom. The summed E-state index contributed by atoms with van der Waals surface area (Å²) >= 11 is 0. The van der Waals surface area contributed by atoms with Gasteiger partial charge in [0.1, 0.15) is 11.2 Å². The summed E-state index contributed by atoms with van der Waals surface area (Å²) in [6, 6.07) is 35.2. The van der Waals surface area contributed by atoms with Crippen molar-refractivity contribution < 1.29 is 16.8 Å². The predicted molar refractivity (Wildman–Crippen MR) is 200 cm³/mol. The van der Waals surface area contributed by atoms with Crippen molar-refractivity contribution in [1.82, 2.24) is 0 Å². The van der Waals surface area contributed by atoms with E-state index in [0.717, 1.165) is 54.6 Å². The molecule has 0 spiro atoms. The van der Waals surface area contributed by atoms with Crippen molar-refractivity contribution in [2.45, 2.75) is 0 Å². The largest absolute Gasteiger partial charge is 0.456 e. The summed E-state index contributed by atoms with van der Waals surface area (Å²) < 4.78 is 86.4. The number of rotatable bonds is 3. The van der Waals surface area contributed by atoms with Crippen molar-refractivity contribution in [3.63, 3.8) is 0 Å². The number of hydrogen-bond acceptors (Lipinski definition) is 1. The Labute approximate surface area is 284 Å². The molecule has 0 fully saturated rings. The summed E-state index contributed by atoms with van der Waals surface area (Å²) in [7, 11) is 0. The fraction of sp³-hybridized carbons (Fsp3) is 0. The van der Waals surface area contributed by atoms with Gasteiger partial charge in [0.25, 0.3) is 0 Å². The van der Waals surface area contributed by atoms with Gasteiger partial charge in [0, 0.05) is 10.8 Å². The molecule has 1 nitrogen and oxygen atoms in total. The van der Waals surface area contributed by atoms with Gasteiger partial charge in [-0.3, -0.25) is 0 Å². The Morgan fingerprint density at radius 3 is 1.57 bits per heavy atom. The van der Waals surface area contributed by atoms with Gasteiger partial charge in [0.15, 0.2) is 0 Å². The van der Waals surface area contributed by atoms with Crippen LogP contribution in [-0.4, -0.2) is 0 Å². The standard InChI is InChI=1S/C46H28O/c1-2-12-29(13-3-1)33-24-25-41(35-17-7-6-16-34(33)35)46-39-20-10-8-18-37(39)45(38-19-9-11-21-40(38)46)32-22-23-36-42-26-30-14-4-5-15-31(30)27-44(42)47-43(36)28-32/h1-28H/i4D,5D,14D,15D,22D,23D,26D,27D,28D. The molecule has 0 unspecified atom stereocenters. The topological polar surface area (TPSA) is 13.1 Å². The molecule has 1 heteroatoms. The van der Waals surface area contributed by atoms with Crippen molar-refractivity contribution in [1.29, 1.82) is 0 Å². The Balaban J connectivity index is 1.32. The van der Waals surface area contributed by atoms with Gasteiger partial charge in [-0.15, -0.1) is 0 Å². The van der Waals surface area contributed by atoms with E-state index >= 15 is 0 Å². The quantitative estimate of drug-likeness (QED) is 0.183. The summed E-state index contributed by atoms with van der Waals surface area (Å²) in [6.07, 6.45) is 0. The highest BCUT2D eigenvalue weighted by Gasteiger charge is 2.20. The first-order valence-electron chi connectivity index (χ1n) is 20.0. The van der Waals surface area contributed by atoms with Crippen LogP contribution in [-0.2, 0) is 0 Å². The third-order valence-corrected chi connectivity index (χ3v) is 9.09. The van der Waals surface area contributed by atoms with E-state index in [2.05, 4.69) is 36.4 Å². The van der Waals surface area contributed by atoms with Crippen LogP contribution in [0.1, 0.15) is 12.3 Å². The molecule has 0 N–H and O–H groups in total. The fourth-order valence-corrected chi connectivity index (χ4v) is 7.05. The van der Waals surface area contributed by atoms with E-state index in [9.17, 15) is 4.11 Å². The molecule has 0 amide bonds. The van der Waals surface area contributed by atoms with Gasteiger partial charge in [-0.2, -0.15) is 0 Å². The first-order valence-corrected chi connectivity index (χ1v) is 15.5. The van der Waals surface area contributed by atoms with Gasteiger partial charge in [-0.05, 0) is 101 Å². The predicted octanol–water partition coefficient (Wildman–Crippen LogP) is 13.2. The molecule has 9 aromatic carbocycles. The third-order valence-electron chi connectivity index (χ3n) is 9.09. The van der Waals surface area contributed by atoms with Crippen LogP contribution in [0.25, 0.3) is 98.4 Å². The zero-order valence-electron chi connectivity index (χ0n) is 33.9. The highest BCUT2D eigenvalue weighted by molar-refractivity contribution is 6.24. The number of fused-ring (bicyclic) bond motifs is 7. The van der Waals surface area contributed by atoms with E-state index in [0.29, 0.717) is 5.56 Å². The van der Waals surface area contributed by atoms with Crippen molar-refractivity contribution in [2.24, 2.45) is 0 Å². The molecule has 10 aromatic rings. The van der Waals surface area contributed by atoms with Crippen molar-refractivity contribution in [2.75, 3.05) is 0 Å². The minimum absolute atomic E-state index is 0.0123. The van der Waals surface area contributed by atoms with Crippen LogP contribution in [0, 0.1) is 0 Å². The second kappa shape index (κ2) is 10.2. The second-order valence-corrected chi connectivity index (χ2v) is 11.7. The normalized spacial score (nSPS) is 14.5. The van der Waals surface area contributed by atoms with E-state index in [1.165, 1.54) is 0 Å². The molecular formula is C46H28O. The molecule has 0 saturated carbocycles. The molecule has 0 aliphatic carbocycles. The monoisotopic (exact) mass is 605 g/mol. The lowest BCUT2D eigenvalue weighted by atomic mass is 9.83. The molecule has 1 aromatic heterocycles.